The predicted molar refractivity (Wildman–Crippen MR) is 90.6 cm³/mol. The summed E-state index contributed by atoms with van der Waals surface area (Å²) in [7, 11) is 0. The summed E-state index contributed by atoms with van der Waals surface area (Å²) in [5.74, 6) is -0.0441. The summed E-state index contributed by atoms with van der Waals surface area (Å²) in [6.45, 7) is 3.68. The van der Waals surface area contributed by atoms with E-state index in [1.54, 1.807) is 11.8 Å². The van der Waals surface area contributed by atoms with E-state index in [0.29, 0.717) is 12.2 Å². The van der Waals surface area contributed by atoms with E-state index in [1.807, 2.05) is 20.1 Å². The highest BCUT2D eigenvalue weighted by Gasteiger charge is 2.22. The van der Waals surface area contributed by atoms with Gasteiger partial charge in [-0.15, -0.1) is 0 Å². The number of carbonyl (C=O) groups excluding carboxylic acids is 2. The summed E-state index contributed by atoms with van der Waals surface area (Å²) >= 11 is 1.57. The largest absolute Gasteiger partial charge is 0.352 e. The van der Waals surface area contributed by atoms with Crippen molar-refractivity contribution in [1.29, 1.82) is 0 Å². The molecule has 1 rings (SSSR count). The van der Waals surface area contributed by atoms with E-state index >= 15 is 0 Å². The third-order valence-electron chi connectivity index (χ3n) is 2.98. The SMILES string of the molecule is CSCCC(NC(=O)c1cccc([N+](=O)[O-])c1)C(=O)NC(C)C. The van der Waals surface area contributed by atoms with Crippen LogP contribution in [0, 0.1) is 10.1 Å². The van der Waals surface area contributed by atoms with Crippen molar-refractivity contribution in [3.63, 3.8) is 0 Å². The summed E-state index contributed by atoms with van der Waals surface area (Å²) in [5, 5.41) is 16.2. The minimum atomic E-state index is -0.670. The van der Waals surface area contributed by atoms with Gasteiger partial charge in [-0.05, 0) is 38.3 Å². The Morgan fingerprint density at radius 1 is 1.30 bits per heavy atom. The van der Waals surface area contributed by atoms with Crippen LogP contribution in [0.1, 0.15) is 30.6 Å². The molecule has 1 aromatic carbocycles. The number of carbonyl (C=O) groups is 2. The van der Waals surface area contributed by atoms with E-state index in [1.165, 1.54) is 24.3 Å². The number of nitrogens with zero attached hydrogens (tertiary/aromatic N) is 1. The molecule has 0 spiro atoms. The first-order valence-electron chi connectivity index (χ1n) is 7.19. The Morgan fingerprint density at radius 3 is 2.57 bits per heavy atom. The molecule has 7 nitrogen and oxygen atoms in total. The van der Waals surface area contributed by atoms with E-state index in [0.717, 1.165) is 0 Å². The molecule has 0 aliphatic heterocycles. The number of thioether (sulfide) groups is 1. The van der Waals surface area contributed by atoms with Crippen LogP contribution in [0.2, 0.25) is 0 Å². The maximum absolute atomic E-state index is 12.3. The average molecular weight is 339 g/mol. The van der Waals surface area contributed by atoms with Crippen molar-refractivity contribution in [3.05, 3.63) is 39.9 Å². The number of nitro benzene ring substituents is 1. The fourth-order valence-electron chi connectivity index (χ4n) is 1.89. The molecule has 23 heavy (non-hydrogen) atoms. The van der Waals surface area contributed by atoms with Crippen molar-refractivity contribution in [3.8, 4) is 0 Å². The van der Waals surface area contributed by atoms with Gasteiger partial charge in [0.2, 0.25) is 5.91 Å². The molecule has 1 atom stereocenters. The minimum Gasteiger partial charge on any atom is -0.352 e. The Morgan fingerprint density at radius 2 is 2.00 bits per heavy atom. The van der Waals surface area contributed by atoms with Crippen LogP contribution in [-0.2, 0) is 4.79 Å². The maximum atomic E-state index is 12.3. The third kappa shape index (κ3) is 6.27. The first-order valence-corrected chi connectivity index (χ1v) is 8.59. The Bertz CT molecular complexity index is 578. The third-order valence-corrected chi connectivity index (χ3v) is 3.63. The second-order valence-corrected chi connectivity index (χ2v) is 6.26. The van der Waals surface area contributed by atoms with Gasteiger partial charge in [0.05, 0.1) is 4.92 Å². The van der Waals surface area contributed by atoms with Crippen LogP contribution in [0.4, 0.5) is 5.69 Å². The van der Waals surface area contributed by atoms with Crippen LogP contribution in [0.15, 0.2) is 24.3 Å². The summed E-state index contributed by atoms with van der Waals surface area (Å²) in [6, 6.07) is 4.73. The van der Waals surface area contributed by atoms with Gasteiger partial charge < -0.3 is 10.6 Å². The van der Waals surface area contributed by atoms with Crippen LogP contribution >= 0.6 is 11.8 Å². The summed E-state index contributed by atoms with van der Waals surface area (Å²) in [5.41, 5.74) is -0.00403. The van der Waals surface area contributed by atoms with Crippen LogP contribution in [0.25, 0.3) is 0 Å². The van der Waals surface area contributed by atoms with Crippen molar-refractivity contribution < 1.29 is 14.5 Å². The van der Waals surface area contributed by atoms with Gasteiger partial charge in [-0.1, -0.05) is 6.07 Å². The van der Waals surface area contributed by atoms with E-state index in [2.05, 4.69) is 10.6 Å². The van der Waals surface area contributed by atoms with E-state index in [9.17, 15) is 19.7 Å². The minimum absolute atomic E-state index is 0.0333. The molecule has 0 saturated carbocycles. The standard InChI is InChI=1S/C15H21N3O4S/c1-10(2)16-15(20)13(7-8-23-3)17-14(19)11-5-4-6-12(9-11)18(21)22/h4-6,9-10,13H,7-8H2,1-3H3,(H,16,20)(H,17,19). The van der Waals surface area contributed by atoms with Gasteiger partial charge in [0.25, 0.3) is 11.6 Å². The van der Waals surface area contributed by atoms with Crippen LogP contribution < -0.4 is 10.6 Å². The molecule has 0 aliphatic carbocycles. The van der Waals surface area contributed by atoms with Gasteiger partial charge in [0, 0.05) is 23.7 Å². The number of amides is 2. The van der Waals surface area contributed by atoms with Crippen LogP contribution in [0.5, 0.6) is 0 Å². The highest BCUT2D eigenvalue weighted by Crippen LogP contribution is 2.13. The smallest absolute Gasteiger partial charge is 0.270 e. The quantitative estimate of drug-likeness (QED) is 0.557. The Kier molecular flexibility index (Phi) is 7.53. The average Bonchev–Trinajstić information content (AvgIpc) is 2.50. The molecule has 8 heteroatoms. The zero-order chi connectivity index (χ0) is 17.4. The maximum Gasteiger partial charge on any atom is 0.270 e. The Labute approximate surface area is 139 Å². The van der Waals surface area contributed by atoms with Crippen molar-refractivity contribution in [2.45, 2.75) is 32.4 Å². The number of hydrogen-bond acceptors (Lipinski definition) is 5. The molecule has 1 unspecified atom stereocenters. The molecule has 0 heterocycles. The number of hydrogen-bond donors (Lipinski definition) is 2. The molecule has 0 saturated heterocycles. The van der Waals surface area contributed by atoms with Gasteiger partial charge in [0.1, 0.15) is 6.04 Å². The molecular weight excluding hydrogens is 318 g/mol. The lowest BCUT2D eigenvalue weighted by molar-refractivity contribution is -0.384. The molecule has 1 aromatic rings. The van der Waals surface area contributed by atoms with Crippen LogP contribution in [-0.4, -0.2) is 40.8 Å². The second kappa shape index (κ2) is 9.14. The van der Waals surface area contributed by atoms with Gasteiger partial charge in [-0.25, -0.2) is 0 Å². The summed E-state index contributed by atoms with van der Waals surface area (Å²) in [6.07, 6.45) is 2.40. The number of rotatable bonds is 8. The Balaban J connectivity index is 2.85. The van der Waals surface area contributed by atoms with Crippen molar-refractivity contribution in [1.82, 2.24) is 10.6 Å². The van der Waals surface area contributed by atoms with E-state index in [4.69, 9.17) is 0 Å². The number of non-ortho nitro benzene ring substituents is 1. The predicted octanol–water partition coefficient (Wildman–Crippen LogP) is 1.97. The van der Waals surface area contributed by atoms with Crippen LogP contribution in [0.3, 0.4) is 0 Å². The molecular formula is C15H21N3O4S. The van der Waals surface area contributed by atoms with Crippen molar-refractivity contribution >= 4 is 29.3 Å². The molecule has 2 N–H and O–H groups in total. The van der Waals surface area contributed by atoms with Gasteiger partial charge >= 0.3 is 0 Å². The topological polar surface area (TPSA) is 101 Å². The first-order chi connectivity index (χ1) is 10.8. The van der Waals surface area contributed by atoms with Crippen molar-refractivity contribution in [2.75, 3.05) is 12.0 Å². The second-order valence-electron chi connectivity index (χ2n) is 5.28. The zero-order valence-electron chi connectivity index (χ0n) is 13.4. The lowest BCUT2D eigenvalue weighted by Gasteiger charge is -2.19. The highest BCUT2D eigenvalue weighted by atomic mass is 32.2. The Hall–Kier alpha value is -2.09. The van der Waals surface area contributed by atoms with Crippen molar-refractivity contribution in [2.24, 2.45) is 0 Å². The molecule has 0 aliphatic rings. The zero-order valence-corrected chi connectivity index (χ0v) is 14.2. The number of nitrogens with one attached hydrogen (secondary N) is 2. The van der Waals surface area contributed by atoms with Gasteiger partial charge in [0.15, 0.2) is 0 Å². The molecule has 0 bridgehead atoms. The summed E-state index contributed by atoms with van der Waals surface area (Å²) < 4.78 is 0. The highest BCUT2D eigenvalue weighted by molar-refractivity contribution is 7.98. The molecule has 2 amide bonds. The number of benzene rings is 1. The van der Waals surface area contributed by atoms with Gasteiger partial charge in [-0.2, -0.15) is 11.8 Å². The van der Waals surface area contributed by atoms with E-state index in [-0.39, 0.29) is 23.2 Å². The monoisotopic (exact) mass is 339 g/mol. The fraction of sp³-hybridized carbons (Fsp3) is 0.467. The molecule has 0 fully saturated rings. The van der Waals surface area contributed by atoms with E-state index < -0.39 is 16.9 Å². The fourth-order valence-corrected chi connectivity index (χ4v) is 2.36. The number of nitro groups is 1. The van der Waals surface area contributed by atoms with Gasteiger partial charge in [-0.3, -0.25) is 19.7 Å². The normalized spacial score (nSPS) is 11.8. The summed E-state index contributed by atoms with van der Waals surface area (Å²) in [4.78, 5) is 34.6. The lowest BCUT2D eigenvalue weighted by Crippen LogP contribution is -2.48. The first kappa shape index (κ1) is 19.0. The molecule has 0 aromatic heterocycles. The lowest BCUT2D eigenvalue weighted by atomic mass is 10.1. The molecule has 126 valence electrons. The molecule has 0 radical (unpaired) electrons.